The van der Waals surface area contributed by atoms with Crippen molar-refractivity contribution in [1.82, 2.24) is 4.57 Å². The van der Waals surface area contributed by atoms with Crippen molar-refractivity contribution in [1.29, 1.82) is 0 Å². The number of rotatable bonds is 5. The van der Waals surface area contributed by atoms with E-state index >= 15 is 0 Å². The maximum Gasteiger partial charge on any atom is 0.182 e. The van der Waals surface area contributed by atoms with Crippen molar-refractivity contribution in [2.75, 3.05) is 6.61 Å². The Bertz CT molecular complexity index is 594. The van der Waals surface area contributed by atoms with Gasteiger partial charge < -0.3 is 9.30 Å². The molecule has 0 radical (unpaired) electrons. The Kier molecular flexibility index (Phi) is 4.13. The maximum absolute atomic E-state index is 12.0. The molecule has 2 aromatic rings. The van der Waals surface area contributed by atoms with Crippen LogP contribution in [0.2, 0.25) is 0 Å². The van der Waals surface area contributed by atoms with E-state index in [0.29, 0.717) is 12.2 Å². The van der Waals surface area contributed by atoms with E-state index in [0.717, 1.165) is 5.75 Å². The van der Waals surface area contributed by atoms with Crippen LogP contribution in [0.1, 0.15) is 17.3 Å². The van der Waals surface area contributed by atoms with Crippen molar-refractivity contribution in [2.45, 2.75) is 13.5 Å². The van der Waals surface area contributed by atoms with Crippen molar-refractivity contribution in [3.05, 3.63) is 64.6 Å². The molecule has 0 aliphatic rings. The summed E-state index contributed by atoms with van der Waals surface area (Å²) >= 11 is 0. The topological polar surface area (TPSA) is 48.3 Å². The van der Waals surface area contributed by atoms with Gasteiger partial charge >= 0.3 is 0 Å². The number of carbonyl (C=O) groups excluding carboxylic acids is 1. The number of pyridine rings is 1. The van der Waals surface area contributed by atoms with Gasteiger partial charge in [0.05, 0.1) is 13.2 Å². The minimum Gasteiger partial charge on any atom is -0.494 e. The minimum absolute atomic E-state index is 0.00769. The molecule has 0 aliphatic heterocycles. The Labute approximate surface area is 111 Å². The van der Waals surface area contributed by atoms with Crippen LogP contribution in [0.25, 0.3) is 0 Å². The lowest BCUT2D eigenvalue weighted by Crippen LogP contribution is -2.12. The number of benzene rings is 1. The number of hydrogen-bond acceptors (Lipinski definition) is 3. The number of aromatic nitrogens is 1. The number of ether oxygens (including phenoxy) is 1. The normalized spacial score (nSPS) is 10.2. The van der Waals surface area contributed by atoms with Crippen LogP contribution in [0.4, 0.5) is 0 Å². The molecule has 0 N–H and O–H groups in total. The highest BCUT2D eigenvalue weighted by Crippen LogP contribution is 2.12. The third-order valence-electron chi connectivity index (χ3n) is 2.67. The van der Waals surface area contributed by atoms with Crippen LogP contribution >= 0.6 is 0 Å². The molecule has 2 rings (SSSR count). The summed E-state index contributed by atoms with van der Waals surface area (Å²) < 4.78 is 7.00. The third-order valence-corrected chi connectivity index (χ3v) is 2.67. The molecule has 19 heavy (non-hydrogen) atoms. The molecule has 0 atom stereocenters. The zero-order chi connectivity index (χ0) is 13.7. The summed E-state index contributed by atoms with van der Waals surface area (Å²) in [4.78, 5) is 23.0. The van der Waals surface area contributed by atoms with Crippen LogP contribution in [0.5, 0.6) is 5.75 Å². The predicted octanol–water partition coefficient (Wildman–Crippen LogP) is 2.13. The van der Waals surface area contributed by atoms with Gasteiger partial charge in [-0.15, -0.1) is 0 Å². The van der Waals surface area contributed by atoms with E-state index < -0.39 is 0 Å². The minimum atomic E-state index is -0.0650. The number of ketones is 1. The van der Waals surface area contributed by atoms with Crippen LogP contribution in [0, 0.1) is 0 Å². The molecule has 0 amide bonds. The smallest absolute Gasteiger partial charge is 0.182 e. The predicted molar refractivity (Wildman–Crippen MR) is 72.6 cm³/mol. The van der Waals surface area contributed by atoms with Crippen LogP contribution in [0.15, 0.2) is 53.6 Å². The van der Waals surface area contributed by atoms with Crippen molar-refractivity contribution in [3.63, 3.8) is 0 Å². The van der Waals surface area contributed by atoms with E-state index in [-0.39, 0.29) is 17.8 Å². The Morgan fingerprint density at radius 2 is 1.74 bits per heavy atom. The molecule has 4 nitrogen and oxygen atoms in total. The Morgan fingerprint density at radius 1 is 1.11 bits per heavy atom. The van der Waals surface area contributed by atoms with Gasteiger partial charge in [-0.1, -0.05) is 0 Å². The molecule has 0 bridgehead atoms. The molecule has 0 saturated heterocycles. The highest BCUT2D eigenvalue weighted by atomic mass is 16.5. The SMILES string of the molecule is CCOc1ccc(C(=O)Cn2ccc(=O)cc2)cc1. The summed E-state index contributed by atoms with van der Waals surface area (Å²) in [6.07, 6.45) is 3.21. The zero-order valence-corrected chi connectivity index (χ0v) is 10.7. The fourth-order valence-electron chi connectivity index (χ4n) is 1.71. The Hall–Kier alpha value is -2.36. The van der Waals surface area contributed by atoms with Gasteiger partial charge in [0.1, 0.15) is 5.75 Å². The van der Waals surface area contributed by atoms with Gasteiger partial charge in [0, 0.05) is 30.1 Å². The summed E-state index contributed by atoms with van der Waals surface area (Å²) in [5.41, 5.74) is 0.562. The third kappa shape index (κ3) is 3.55. The number of Topliss-reactive ketones (excluding diaryl/α,β-unsaturated/α-hetero) is 1. The van der Waals surface area contributed by atoms with E-state index in [4.69, 9.17) is 4.74 Å². The van der Waals surface area contributed by atoms with E-state index in [1.807, 2.05) is 6.92 Å². The first kappa shape index (κ1) is 13.1. The van der Waals surface area contributed by atoms with Gasteiger partial charge in [-0.3, -0.25) is 9.59 Å². The van der Waals surface area contributed by atoms with Crippen molar-refractivity contribution in [2.24, 2.45) is 0 Å². The molecular weight excluding hydrogens is 242 g/mol. The van der Waals surface area contributed by atoms with Crippen molar-refractivity contribution >= 4 is 5.78 Å². The maximum atomic E-state index is 12.0. The number of hydrogen-bond donors (Lipinski definition) is 0. The van der Waals surface area contributed by atoms with Crippen molar-refractivity contribution < 1.29 is 9.53 Å². The number of nitrogens with zero attached hydrogens (tertiary/aromatic N) is 1. The lowest BCUT2D eigenvalue weighted by atomic mass is 10.1. The first-order valence-electron chi connectivity index (χ1n) is 6.11. The molecule has 1 heterocycles. The highest BCUT2D eigenvalue weighted by molar-refractivity contribution is 5.95. The van der Waals surface area contributed by atoms with E-state index in [2.05, 4.69) is 0 Å². The molecule has 1 aromatic carbocycles. The van der Waals surface area contributed by atoms with Gasteiger partial charge in [-0.05, 0) is 31.2 Å². The largest absolute Gasteiger partial charge is 0.494 e. The fraction of sp³-hybridized carbons (Fsp3) is 0.200. The Balaban J connectivity index is 2.07. The molecule has 0 saturated carbocycles. The zero-order valence-electron chi connectivity index (χ0n) is 10.7. The van der Waals surface area contributed by atoms with Crippen LogP contribution in [-0.4, -0.2) is 17.0 Å². The first-order valence-corrected chi connectivity index (χ1v) is 6.11. The van der Waals surface area contributed by atoms with E-state index in [1.54, 1.807) is 41.2 Å². The Morgan fingerprint density at radius 3 is 2.32 bits per heavy atom. The molecule has 1 aromatic heterocycles. The van der Waals surface area contributed by atoms with E-state index in [9.17, 15) is 9.59 Å². The van der Waals surface area contributed by atoms with Gasteiger partial charge in [-0.25, -0.2) is 0 Å². The van der Waals surface area contributed by atoms with E-state index in [1.165, 1.54) is 12.1 Å². The highest BCUT2D eigenvalue weighted by Gasteiger charge is 2.06. The van der Waals surface area contributed by atoms with Gasteiger partial charge in [0.25, 0.3) is 0 Å². The molecule has 0 unspecified atom stereocenters. The lowest BCUT2D eigenvalue weighted by Gasteiger charge is -2.06. The monoisotopic (exact) mass is 257 g/mol. The second-order valence-corrected chi connectivity index (χ2v) is 4.09. The molecule has 0 fully saturated rings. The molecule has 98 valence electrons. The van der Waals surface area contributed by atoms with Crippen LogP contribution < -0.4 is 10.2 Å². The quantitative estimate of drug-likeness (QED) is 0.771. The van der Waals surface area contributed by atoms with Gasteiger partial charge in [-0.2, -0.15) is 0 Å². The summed E-state index contributed by atoms with van der Waals surface area (Å²) in [5, 5.41) is 0. The lowest BCUT2D eigenvalue weighted by molar-refractivity contribution is 0.0972. The standard InChI is InChI=1S/C15H15NO3/c1-2-19-14-5-3-12(4-6-14)15(18)11-16-9-7-13(17)8-10-16/h3-10H,2,11H2,1H3. The number of carbonyl (C=O) groups is 1. The van der Waals surface area contributed by atoms with Crippen molar-refractivity contribution in [3.8, 4) is 5.75 Å². The summed E-state index contributed by atoms with van der Waals surface area (Å²) in [7, 11) is 0. The fourth-order valence-corrected chi connectivity index (χ4v) is 1.71. The average molecular weight is 257 g/mol. The average Bonchev–Trinajstić information content (AvgIpc) is 2.42. The molecule has 0 spiro atoms. The molecule has 4 heteroatoms. The second-order valence-electron chi connectivity index (χ2n) is 4.09. The molecular formula is C15H15NO3. The van der Waals surface area contributed by atoms with Crippen LogP contribution in [-0.2, 0) is 6.54 Å². The van der Waals surface area contributed by atoms with Gasteiger partial charge in [0.2, 0.25) is 0 Å². The first-order chi connectivity index (χ1) is 9.19. The summed E-state index contributed by atoms with van der Waals surface area (Å²) in [6.45, 7) is 2.73. The second kappa shape index (κ2) is 6.00. The summed E-state index contributed by atoms with van der Waals surface area (Å²) in [5.74, 6) is 0.745. The summed E-state index contributed by atoms with van der Waals surface area (Å²) in [6, 6.07) is 9.92. The van der Waals surface area contributed by atoms with Crippen LogP contribution in [0.3, 0.4) is 0 Å². The molecule has 0 aliphatic carbocycles. The van der Waals surface area contributed by atoms with Gasteiger partial charge in [0.15, 0.2) is 11.2 Å².